The molecule has 1 N–H and O–H groups in total. The Hall–Kier alpha value is -2.26. The number of urea groups is 1. The van der Waals surface area contributed by atoms with Gasteiger partial charge in [-0.15, -0.1) is 0 Å². The SMILES string of the molecule is CC(=O)N1CCCN(C(=O)NC(c2cnn(C)c2)C(F)(F)F)CC1. The van der Waals surface area contributed by atoms with Crippen LogP contribution in [0.15, 0.2) is 12.4 Å². The van der Waals surface area contributed by atoms with Gasteiger partial charge in [-0.05, 0) is 6.42 Å². The predicted octanol–water partition coefficient (Wildman–Crippen LogP) is 1.29. The molecule has 2 heterocycles. The maximum absolute atomic E-state index is 13.3. The molecule has 1 aromatic heterocycles. The van der Waals surface area contributed by atoms with Crippen LogP contribution in [0, 0.1) is 0 Å². The second kappa shape index (κ2) is 7.10. The van der Waals surface area contributed by atoms with Crippen molar-refractivity contribution in [3.63, 3.8) is 0 Å². The lowest BCUT2D eigenvalue weighted by Gasteiger charge is -2.26. The van der Waals surface area contributed by atoms with Crippen molar-refractivity contribution in [2.75, 3.05) is 26.2 Å². The van der Waals surface area contributed by atoms with E-state index >= 15 is 0 Å². The first-order chi connectivity index (χ1) is 11.2. The van der Waals surface area contributed by atoms with Crippen molar-refractivity contribution in [3.8, 4) is 0 Å². The second-order valence-electron chi connectivity index (χ2n) is 5.72. The van der Waals surface area contributed by atoms with Crippen LogP contribution in [-0.4, -0.2) is 63.9 Å². The molecule has 24 heavy (non-hydrogen) atoms. The number of nitrogens with zero attached hydrogens (tertiary/aromatic N) is 4. The fourth-order valence-electron chi connectivity index (χ4n) is 2.59. The van der Waals surface area contributed by atoms with Gasteiger partial charge in [-0.3, -0.25) is 9.48 Å². The fraction of sp³-hybridized carbons (Fsp3) is 0.643. The number of hydrogen-bond donors (Lipinski definition) is 1. The van der Waals surface area contributed by atoms with Gasteiger partial charge in [0, 0.05) is 51.9 Å². The van der Waals surface area contributed by atoms with Gasteiger partial charge in [-0.1, -0.05) is 0 Å². The number of halogens is 3. The summed E-state index contributed by atoms with van der Waals surface area (Å²) in [4.78, 5) is 26.5. The Morgan fingerprint density at radius 2 is 1.83 bits per heavy atom. The van der Waals surface area contributed by atoms with Crippen LogP contribution in [0.1, 0.15) is 24.9 Å². The second-order valence-corrected chi connectivity index (χ2v) is 5.72. The number of hydrogen-bond acceptors (Lipinski definition) is 3. The molecular formula is C14H20F3N5O2. The molecule has 1 atom stereocenters. The number of amides is 3. The Kier molecular flexibility index (Phi) is 5.35. The van der Waals surface area contributed by atoms with Gasteiger partial charge < -0.3 is 15.1 Å². The summed E-state index contributed by atoms with van der Waals surface area (Å²) in [5.41, 5.74) is -0.126. The van der Waals surface area contributed by atoms with Crippen LogP contribution < -0.4 is 5.32 Å². The zero-order valence-corrected chi connectivity index (χ0v) is 13.5. The van der Waals surface area contributed by atoms with Crippen molar-refractivity contribution >= 4 is 11.9 Å². The van der Waals surface area contributed by atoms with Crippen LogP contribution in [0.2, 0.25) is 0 Å². The summed E-state index contributed by atoms with van der Waals surface area (Å²) >= 11 is 0. The highest BCUT2D eigenvalue weighted by Crippen LogP contribution is 2.32. The third kappa shape index (κ3) is 4.39. The molecule has 0 saturated carbocycles. The normalized spacial score (nSPS) is 17.4. The lowest BCUT2D eigenvalue weighted by molar-refractivity contribution is -0.155. The number of aryl methyl sites for hydroxylation is 1. The maximum Gasteiger partial charge on any atom is 0.413 e. The summed E-state index contributed by atoms with van der Waals surface area (Å²) < 4.78 is 41.0. The zero-order chi connectivity index (χ0) is 17.9. The van der Waals surface area contributed by atoms with Crippen LogP contribution in [0.4, 0.5) is 18.0 Å². The van der Waals surface area contributed by atoms with Crippen LogP contribution in [-0.2, 0) is 11.8 Å². The molecule has 134 valence electrons. The van der Waals surface area contributed by atoms with Crippen LogP contribution in [0.25, 0.3) is 0 Å². The lowest BCUT2D eigenvalue weighted by Crippen LogP contribution is -2.47. The molecule has 0 radical (unpaired) electrons. The molecule has 1 fully saturated rings. The largest absolute Gasteiger partial charge is 0.413 e. The Morgan fingerprint density at radius 1 is 1.21 bits per heavy atom. The summed E-state index contributed by atoms with van der Waals surface area (Å²) in [6.07, 6.45) is -1.80. The van der Waals surface area contributed by atoms with Crippen LogP contribution >= 0.6 is 0 Å². The number of nitrogens with one attached hydrogen (secondary N) is 1. The topological polar surface area (TPSA) is 70.5 Å². The molecule has 1 aliphatic rings. The molecule has 0 aromatic carbocycles. The lowest BCUT2D eigenvalue weighted by atomic mass is 10.1. The molecule has 1 aromatic rings. The van der Waals surface area contributed by atoms with E-state index < -0.39 is 18.2 Å². The van der Waals surface area contributed by atoms with Gasteiger partial charge in [0.05, 0.1) is 6.20 Å². The number of alkyl halides is 3. The van der Waals surface area contributed by atoms with Gasteiger partial charge in [-0.2, -0.15) is 18.3 Å². The summed E-state index contributed by atoms with van der Waals surface area (Å²) in [6, 6.07) is -2.92. The van der Waals surface area contributed by atoms with E-state index in [1.54, 1.807) is 4.90 Å². The van der Waals surface area contributed by atoms with E-state index in [1.807, 2.05) is 5.32 Å². The van der Waals surface area contributed by atoms with Crippen molar-refractivity contribution in [2.24, 2.45) is 7.05 Å². The highest BCUT2D eigenvalue weighted by Gasteiger charge is 2.43. The Bertz CT molecular complexity index is 601. The van der Waals surface area contributed by atoms with Crippen LogP contribution in [0.5, 0.6) is 0 Å². The van der Waals surface area contributed by atoms with E-state index in [2.05, 4.69) is 5.10 Å². The third-order valence-corrected chi connectivity index (χ3v) is 3.88. The van der Waals surface area contributed by atoms with E-state index in [0.29, 0.717) is 26.1 Å². The van der Waals surface area contributed by atoms with Crippen LogP contribution in [0.3, 0.4) is 0 Å². The van der Waals surface area contributed by atoms with Gasteiger partial charge in [0.1, 0.15) is 0 Å². The molecule has 0 spiro atoms. The average Bonchev–Trinajstić information content (AvgIpc) is 2.74. The standard InChI is InChI=1S/C14H20F3N5O2/c1-10(23)21-4-3-5-22(7-6-21)13(24)19-12(14(15,16)17)11-8-18-20(2)9-11/h8-9,12H,3-7H2,1-2H3,(H,19,24). The van der Waals surface area contributed by atoms with E-state index in [-0.39, 0.29) is 18.0 Å². The Balaban J connectivity index is 2.06. The first-order valence-corrected chi connectivity index (χ1v) is 7.54. The molecule has 10 heteroatoms. The highest BCUT2D eigenvalue weighted by atomic mass is 19.4. The molecule has 0 bridgehead atoms. The number of carbonyl (C=O) groups excluding carboxylic acids is 2. The number of aromatic nitrogens is 2. The third-order valence-electron chi connectivity index (χ3n) is 3.88. The zero-order valence-electron chi connectivity index (χ0n) is 13.5. The monoisotopic (exact) mass is 347 g/mol. The molecule has 1 aliphatic heterocycles. The molecule has 7 nitrogen and oxygen atoms in total. The van der Waals surface area contributed by atoms with Crippen molar-refractivity contribution in [1.82, 2.24) is 24.9 Å². The average molecular weight is 347 g/mol. The number of rotatable bonds is 2. The van der Waals surface area contributed by atoms with E-state index in [1.165, 1.54) is 29.7 Å². The fourth-order valence-corrected chi connectivity index (χ4v) is 2.59. The van der Waals surface area contributed by atoms with Crippen molar-refractivity contribution < 1.29 is 22.8 Å². The van der Waals surface area contributed by atoms with E-state index in [9.17, 15) is 22.8 Å². The van der Waals surface area contributed by atoms with Crippen molar-refractivity contribution in [3.05, 3.63) is 18.0 Å². The first-order valence-electron chi connectivity index (χ1n) is 7.54. The highest BCUT2D eigenvalue weighted by molar-refractivity contribution is 5.76. The first kappa shape index (κ1) is 18.1. The molecular weight excluding hydrogens is 327 g/mol. The summed E-state index contributed by atoms with van der Waals surface area (Å²) in [5, 5.41) is 5.76. The van der Waals surface area contributed by atoms with E-state index in [4.69, 9.17) is 0 Å². The van der Waals surface area contributed by atoms with Gasteiger partial charge in [0.15, 0.2) is 6.04 Å². The number of carbonyl (C=O) groups is 2. The Morgan fingerprint density at radius 3 is 2.38 bits per heavy atom. The minimum Gasteiger partial charge on any atom is -0.341 e. The predicted molar refractivity (Wildman–Crippen MR) is 79.0 cm³/mol. The van der Waals surface area contributed by atoms with Gasteiger partial charge in [-0.25, -0.2) is 4.79 Å². The molecule has 3 amide bonds. The van der Waals surface area contributed by atoms with E-state index in [0.717, 1.165) is 6.20 Å². The molecule has 1 unspecified atom stereocenters. The summed E-state index contributed by atoms with van der Waals surface area (Å²) in [7, 11) is 1.50. The quantitative estimate of drug-likeness (QED) is 0.876. The molecule has 2 rings (SSSR count). The minimum absolute atomic E-state index is 0.110. The maximum atomic E-state index is 13.3. The van der Waals surface area contributed by atoms with Gasteiger partial charge in [0.2, 0.25) is 5.91 Å². The van der Waals surface area contributed by atoms with Crippen molar-refractivity contribution in [1.29, 1.82) is 0 Å². The minimum atomic E-state index is -4.63. The smallest absolute Gasteiger partial charge is 0.341 e. The Labute approximate surface area is 137 Å². The van der Waals surface area contributed by atoms with Gasteiger partial charge in [0.25, 0.3) is 0 Å². The summed E-state index contributed by atoms with van der Waals surface area (Å²) in [6.45, 7) is 2.73. The molecule has 0 aliphatic carbocycles. The van der Waals surface area contributed by atoms with Crippen molar-refractivity contribution in [2.45, 2.75) is 25.6 Å². The van der Waals surface area contributed by atoms with Gasteiger partial charge >= 0.3 is 12.2 Å². The molecule has 1 saturated heterocycles. The summed E-state index contributed by atoms with van der Waals surface area (Å²) in [5.74, 6) is -0.110.